The number of carbonyl (C=O) groups is 2. The Kier molecular flexibility index (Phi) is 3.88. The molecule has 5 aliphatic rings. The minimum Gasteiger partial charge on any atom is -0.481 e. The van der Waals surface area contributed by atoms with Crippen molar-refractivity contribution >= 4 is 11.9 Å². The molecule has 144 valence electrons. The lowest BCUT2D eigenvalue weighted by atomic mass is 9.45. The summed E-state index contributed by atoms with van der Waals surface area (Å²) in [6, 6.07) is 0. The number of rotatable bonds is 4. The second-order valence-electron chi connectivity index (χ2n) is 10.6. The van der Waals surface area contributed by atoms with E-state index in [2.05, 4.69) is 0 Å². The molecule has 2 atom stereocenters. The predicted octanol–water partition coefficient (Wildman–Crippen LogP) is 4.74. The van der Waals surface area contributed by atoms with Crippen molar-refractivity contribution in [3.05, 3.63) is 11.6 Å². The van der Waals surface area contributed by atoms with Crippen molar-refractivity contribution in [1.82, 2.24) is 0 Å². The molecule has 4 nitrogen and oxygen atoms in total. The highest BCUT2D eigenvalue weighted by molar-refractivity contribution is 5.82. The van der Waals surface area contributed by atoms with Gasteiger partial charge in [0.05, 0.1) is 10.8 Å². The van der Waals surface area contributed by atoms with E-state index in [9.17, 15) is 19.8 Å². The molecule has 2 unspecified atom stereocenters. The average Bonchev–Trinajstić information content (AvgIpc) is 2.52. The van der Waals surface area contributed by atoms with Gasteiger partial charge < -0.3 is 10.2 Å². The molecule has 0 aromatic heterocycles. The van der Waals surface area contributed by atoms with Gasteiger partial charge in [-0.2, -0.15) is 0 Å². The number of carboxylic acid groups (broad SMARTS) is 2. The summed E-state index contributed by atoms with van der Waals surface area (Å²) in [5.74, 6) is 0.493. The van der Waals surface area contributed by atoms with Gasteiger partial charge in [-0.3, -0.25) is 9.59 Å². The topological polar surface area (TPSA) is 74.6 Å². The molecule has 5 rings (SSSR count). The third-order valence-corrected chi connectivity index (χ3v) is 8.42. The molecule has 4 saturated carbocycles. The molecule has 0 saturated heterocycles. The number of hydrogen-bond donors (Lipinski definition) is 2. The standard InChI is InChI=1S/C22H32O4/c1-13(2)22(19(25)26)11-17(10-20(3,12-22)18(23)24)21-7-14-4-15(8-21)6-16(5-14)9-21/h10,13-16H,4-9,11-12H2,1-3H3,(H,23,24)(H,25,26). The Morgan fingerprint density at radius 1 is 1.00 bits per heavy atom. The zero-order chi connectivity index (χ0) is 18.9. The first-order valence-corrected chi connectivity index (χ1v) is 10.3. The van der Waals surface area contributed by atoms with Crippen LogP contribution in [0.1, 0.15) is 72.1 Å². The van der Waals surface area contributed by atoms with E-state index in [0.717, 1.165) is 37.0 Å². The fourth-order valence-corrected chi connectivity index (χ4v) is 7.33. The van der Waals surface area contributed by atoms with E-state index < -0.39 is 22.8 Å². The van der Waals surface area contributed by atoms with E-state index in [1.807, 2.05) is 19.9 Å². The predicted molar refractivity (Wildman–Crippen MR) is 98.6 cm³/mol. The fraction of sp³-hybridized carbons (Fsp3) is 0.818. The van der Waals surface area contributed by atoms with E-state index in [-0.39, 0.29) is 17.8 Å². The molecule has 4 heteroatoms. The summed E-state index contributed by atoms with van der Waals surface area (Å²) >= 11 is 0. The summed E-state index contributed by atoms with van der Waals surface area (Å²) in [7, 11) is 0. The van der Waals surface area contributed by atoms with Crippen LogP contribution in [-0.4, -0.2) is 22.2 Å². The van der Waals surface area contributed by atoms with Crippen LogP contribution < -0.4 is 0 Å². The molecule has 0 radical (unpaired) electrons. The van der Waals surface area contributed by atoms with Crippen LogP contribution in [-0.2, 0) is 9.59 Å². The van der Waals surface area contributed by atoms with Crippen molar-refractivity contribution in [2.75, 3.05) is 0 Å². The smallest absolute Gasteiger partial charge is 0.313 e. The van der Waals surface area contributed by atoms with Gasteiger partial charge in [0.25, 0.3) is 0 Å². The van der Waals surface area contributed by atoms with Gasteiger partial charge in [-0.05, 0) is 87.4 Å². The number of aliphatic carboxylic acids is 2. The highest BCUT2D eigenvalue weighted by Gasteiger charge is 2.58. The molecule has 0 spiro atoms. The quantitative estimate of drug-likeness (QED) is 0.710. The molecular weight excluding hydrogens is 328 g/mol. The first kappa shape index (κ1) is 18.1. The van der Waals surface area contributed by atoms with Crippen LogP contribution in [0.5, 0.6) is 0 Å². The van der Waals surface area contributed by atoms with E-state index in [0.29, 0.717) is 6.42 Å². The first-order chi connectivity index (χ1) is 12.1. The van der Waals surface area contributed by atoms with Gasteiger partial charge in [0.1, 0.15) is 0 Å². The first-order valence-electron chi connectivity index (χ1n) is 10.3. The summed E-state index contributed by atoms with van der Waals surface area (Å²) in [5.41, 5.74) is -0.814. The summed E-state index contributed by atoms with van der Waals surface area (Å²) in [5, 5.41) is 20.1. The van der Waals surface area contributed by atoms with Gasteiger partial charge in [-0.1, -0.05) is 25.5 Å². The highest BCUT2D eigenvalue weighted by atomic mass is 16.4. The fourth-order valence-electron chi connectivity index (χ4n) is 7.33. The lowest BCUT2D eigenvalue weighted by molar-refractivity contribution is -0.160. The maximum absolute atomic E-state index is 12.4. The van der Waals surface area contributed by atoms with Crippen molar-refractivity contribution in [1.29, 1.82) is 0 Å². The van der Waals surface area contributed by atoms with Gasteiger partial charge >= 0.3 is 11.9 Å². The van der Waals surface area contributed by atoms with Gasteiger partial charge in [0.15, 0.2) is 0 Å². The summed E-state index contributed by atoms with van der Waals surface area (Å²) in [6.07, 6.45) is 10.2. The Hall–Kier alpha value is -1.32. The Morgan fingerprint density at radius 2 is 1.50 bits per heavy atom. The molecule has 4 fully saturated rings. The lowest BCUT2D eigenvalue weighted by Crippen LogP contribution is -2.52. The zero-order valence-corrected chi connectivity index (χ0v) is 16.3. The zero-order valence-electron chi connectivity index (χ0n) is 16.3. The Bertz CT molecular complexity index is 640. The van der Waals surface area contributed by atoms with E-state index in [1.165, 1.54) is 24.8 Å². The summed E-state index contributed by atoms with van der Waals surface area (Å²) in [6.45, 7) is 5.62. The molecule has 26 heavy (non-hydrogen) atoms. The third kappa shape index (κ3) is 2.47. The van der Waals surface area contributed by atoms with E-state index >= 15 is 0 Å². The van der Waals surface area contributed by atoms with Gasteiger partial charge in [-0.25, -0.2) is 0 Å². The van der Waals surface area contributed by atoms with Crippen LogP contribution in [0.25, 0.3) is 0 Å². The second-order valence-corrected chi connectivity index (χ2v) is 10.6. The minimum absolute atomic E-state index is 0.0709. The number of carboxylic acids is 2. The van der Waals surface area contributed by atoms with Crippen molar-refractivity contribution in [3.63, 3.8) is 0 Å². The molecular formula is C22H32O4. The van der Waals surface area contributed by atoms with Crippen molar-refractivity contribution in [2.45, 2.75) is 72.1 Å². The maximum atomic E-state index is 12.4. The molecule has 5 aliphatic carbocycles. The molecule has 4 bridgehead atoms. The molecule has 0 aromatic carbocycles. The number of allylic oxidation sites excluding steroid dienone is 1. The molecule has 0 aromatic rings. The summed E-state index contributed by atoms with van der Waals surface area (Å²) in [4.78, 5) is 24.5. The monoisotopic (exact) mass is 360 g/mol. The van der Waals surface area contributed by atoms with Gasteiger partial charge in [0, 0.05) is 0 Å². The van der Waals surface area contributed by atoms with Crippen LogP contribution in [0.3, 0.4) is 0 Å². The van der Waals surface area contributed by atoms with Crippen LogP contribution >= 0.6 is 0 Å². The highest BCUT2D eigenvalue weighted by Crippen LogP contribution is 2.66. The number of hydrogen-bond acceptors (Lipinski definition) is 2. The van der Waals surface area contributed by atoms with Crippen molar-refractivity contribution < 1.29 is 19.8 Å². The van der Waals surface area contributed by atoms with Crippen LogP contribution in [0.2, 0.25) is 0 Å². The third-order valence-electron chi connectivity index (χ3n) is 8.42. The molecule has 0 aliphatic heterocycles. The second kappa shape index (κ2) is 5.59. The van der Waals surface area contributed by atoms with Crippen molar-refractivity contribution in [3.8, 4) is 0 Å². The SMILES string of the molecule is CC(C)C1(C(=O)O)CC(C23CC4CC(CC(C4)C2)C3)=CC(C)(C(=O)O)C1. The maximum Gasteiger partial charge on any atom is 0.313 e. The Balaban J connectivity index is 1.80. The molecule has 0 amide bonds. The Labute approximate surface area is 156 Å². The van der Waals surface area contributed by atoms with Gasteiger partial charge in [0.2, 0.25) is 0 Å². The normalized spacial score (nSPS) is 47.1. The Morgan fingerprint density at radius 3 is 1.88 bits per heavy atom. The van der Waals surface area contributed by atoms with Crippen LogP contribution in [0.15, 0.2) is 11.6 Å². The molecule has 2 N–H and O–H groups in total. The lowest BCUT2D eigenvalue weighted by Gasteiger charge is -2.60. The van der Waals surface area contributed by atoms with Crippen LogP contribution in [0, 0.1) is 39.9 Å². The average molecular weight is 360 g/mol. The largest absolute Gasteiger partial charge is 0.481 e. The van der Waals surface area contributed by atoms with E-state index in [1.54, 1.807) is 6.92 Å². The summed E-state index contributed by atoms with van der Waals surface area (Å²) < 4.78 is 0. The van der Waals surface area contributed by atoms with Crippen LogP contribution in [0.4, 0.5) is 0 Å². The minimum atomic E-state index is -1.08. The van der Waals surface area contributed by atoms with E-state index in [4.69, 9.17) is 0 Å². The van der Waals surface area contributed by atoms with Crippen molar-refractivity contribution in [2.24, 2.45) is 39.9 Å². The molecule has 0 heterocycles. The van der Waals surface area contributed by atoms with Gasteiger partial charge in [-0.15, -0.1) is 0 Å².